The molecule has 0 bridgehead atoms. The summed E-state index contributed by atoms with van der Waals surface area (Å²) >= 11 is 6.01. The summed E-state index contributed by atoms with van der Waals surface area (Å²) in [5, 5.41) is 1.85. The topological polar surface area (TPSA) is 45.3 Å². The van der Waals surface area contributed by atoms with Crippen molar-refractivity contribution >= 4 is 28.6 Å². The number of benzene rings is 1. The van der Waals surface area contributed by atoms with Crippen molar-refractivity contribution in [3.63, 3.8) is 0 Å². The molecule has 1 aliphatic rings. The first-order valence-corrected chi connectivity index (χ1v) is 7.16. The number of amides is 1. The highest BCUT2D eigenvalue weighted by Crippen LogP contribution is 2.30. The molecule has 0 spiro atoms. The van der Waals surface area contributed by atoms with Gasteiger partial charge in [0.2, 0.25) is 0 Å². The summed E-state index contributed by atoms with van der Waals surface area (Å²) < 4.78 is 4.81. The molecule has 3 rings (SSSR count). The van der Waals surface area contributed by atoms with Gasteiger partial charge in [-0.05, 0) is 37.1 Å². The number of methoxy groups -OCH3 is 1. The molecule has 1 unspecified atom stereocenters. The largest absolute Gasteiger partial charge is 0.453 e. The minimum Gasteiger partial charge on any atom is -0.453 e. The fourth-order valence-electron chi connectivity index (χ4n) is 2.87. The van der Waals surface area contributed by atoms with E-state index < -0.39 is 0 Å². The Bertz CT molecular complexity index is 638. The zero-order valence-corrected chi connectivity index (χ0v) is 12.1. The second kappa shape index (κ2) is 5.37. The first-order chi connectivity index (χ1) is 9.67. The lowest BCUT2D eigenvalue weighted by atomic mass is 9.95. The number of ether oxygens (including phenoxy) is 1. The molecule has 1 N–H and O–H groups in total. The van der Waals surface area contributed by atoms with Crippen molar-refractivity contribution in [2.45, 2.75) is 18.8 Å². The Morgan fingerprint density at radius 2 is 2.30 bits per heavy atom. The van der Waals surface area contributed by atoms with Gasteiger partial charge in [0, 0.05) is 40.6 Å². The van der Waals surface area contributed by atoms with Crippen molar-refractivity contribution in [3.05, 3.63) is 35.0 Å². The molecule has 106 valence electrons. The highest BCUT2D eigenvalue weighted by molar-refractivity contribution is 6.31. The number of nitrogens with zero attached hydrogens (tertiary/aromatic N) is 1. The minimum atomic E-state index is -0.242. The number of fused-ring (bicyclic) bond motifs is 1. The first kappa shape index (κ1) is 13.3. The van der Waals surface area contributed by atoms with Crippen LogP contribution in [-0.2, 0) is 4.74 Å². The number of carbonyl (C=O) groups is 1. The number of likely N-dealkylation sites (tertiary alicyclic amines) is 1. The van der Waals surface area contributed by atoms with Crippen molar-refractivity contribution in [2.24, 2.45) is 0 Å². The lowest BCUT2D eigenvalue weighted by Gasteiger charge is -2.31. The van der Waals surface area contributed by atoms with Gasteiger partial charge in [0.15, 0.2) is 0 Å². The third-order valence-electron chi connectivity index (χ3n) is 3.90. The van der Waals surface area contributed by atoms with Gasteiger partial charge in [0.1, 0.15) is 0 Å². The van der Waals surface area contributed by atoms with E-state index in [9.17, 15) is 4.79 Å². The standard InChI is InChI=1S/C15H17ClN2O2/c1-20-15(19)18-6-2-3-10(9-18)14-8-11-7-12(16)4-5-13(11)17-14/h4-5,7-8,10,17H,2-3,6,9H2,1H3. The maximum absolute atomic E-state index is 11.6. The van der Waals surface area contributed by atoms with Crippen LogP contribution in [0.25, 0.3) is 10.9 Å². The van der Waals surface area contributed by atoms with Crippen LogP contribution in [0.15, 0.2) is 24.3 Å². The van der Waals surface area contributed by atoms with E-state index in [0.717, 1.165) is 41.0 Å². The molecule has 1 aliphatic heterocycles. The lowest BCUT2D eigenvalue weighted by molar-refractivity contribution is 0.110. The molecular weight excluding hydrogens is 276 g/mol. The van der Waals surface area contributed by atoms with Gasteiger partial charge >= 0.3 is 6.09 Å². The van der Waals surface area contributed by atoms with E-state index in [1.165, 1.54) is 7.11 Å². The van der Waals surface area contributed by atoms with Crippen LogP contribution in [0.2, 0.25) is 5.02 Å². The summed E-state index contributed by atoms with van der Waals surface area (Å²) in [6.07, 6.45) is 1.83. The molecule has 1 atom stereocenters. The predicted octanol–water partition coefficient (Wildman–Crippen LogP) is 3.77. The number of piperidine rings is 1. The first-order valence-electron chi connectivity index (χ1n) is 6.78. The third-order valence-corrected chi connectivity index (χ3v) is 4.13. The molecule has 1 aromatic carbocycles. The number of rotatable bonds is 1. The zero-order valence-electron chi connectivity index (χ0n) is 11.4. The van der Waals surface area contributed by atoms with Gasteiger partial charge < -0.3 is 14.6 Å². The number of aromatic amines is 1. The van der Waals surface area contributed by atoms with E-state index >= 15 is 0 Å². The number of H-pyrrole nitrogens is 1. The van der Waals surface area contributed by atoms with Crippen LogP contribution in [0.1, 0.15) is 24.5 Å². The van der Waals surface area contributed by atoms with Gasteiger partial charge in [0.25, 0.3) is 0 Å². The highest BCUT2D eigenvalue weighted by Gasteiger charge is 2.26. The van der Waals surface area contributed by atoms with Crippen molar-refractivity contribution in [3.8, 4) is 0 Å². The highest BCUT2D eigenvalue weighted by atomic mass is 35.5. The van der Waals surface area contributed by atoms with Crippen LogP contribution < -0.4 is 0 Å². The molecule has 4 nitrogen and oxygen atoms in total. The number of aromatic nitrogens is 1. The van der Waals surface area contributed by atoms with E-state index in [-0.39, 0.29) is 6.09 Å². The lowest BCUT2D eigenvalue weighted by Crippen LogP contribution is -2.39. The summed E-state index contributed by atoms with van der Waals surface area (Å²) in [5.41, 5.74) is 2.25. The summed E-state index contributed by atoms with van der Waals surface area (Å²) in [5.74, 6) is 0.328. The van der Waals surface area contributed by atoms with Gasteiger partial charge in [-0.15, -0.1) is 0 Å². The Balaban J connectivity index is 1.84. The molecule has 1 amide bonds. The van der Waals surface area contributed by atoms with Crippen LogP contribution in [0, 0.1) is 0 Å². The SMILES string of the molecule is COC(=O)N1CCCC(c2cc3cc(Cl)ccc3[nH]2)C1. The molecule has 0 saturated carbocycles. The van der Waals surface area contributed by atoms with Crippen molar-refractivity contribution in [2.75, 3.05) is 20.2 Å². The van der Waals surface area contributed by atoms with Crippen molar-refractivity contribution < 1.29 is 9.53 Å². The van der Waals surface area contributed by atoms with Crippen LogP contribution in [0.5, 0.6) is 0 Å². The fraction of sp³-hybridized carbons (Fsp3) is 0.400. The van der Waals surface area contributed by atoms with Crippen molar-refractivity contribution in [1.82, 2.24) is 9.88 Å². The molecule has 1 aromatic heterocycles. The molecule has 1 fully saturated rings. The Morgan fingerprint density at radius 3 is 3.10 bits per heavy atom. The average Bonchev–Trinajstić information content (AvgIpc) is 2.89. The average molecular weight is 293 g/mol. The number of hydrogen-bond donors (Lipinski definition) is 1. The van der Waals surface area contributed by atoms with Crippen LogP contribution in [0.3, 0.4) is 0 Å². The van der Waals surface area contributed by atoms with E-state index in [0.29, 0.717) is 12.5 Å². The molecule has 1 saturated heterocycles. The Hall–Kier alpha value is -1.68. The normalized spacial score (nSPS) is 19.3. The summed E-state index contributed by atoms with van der Waals surface area (Å²) in [6.45, 7) is 1.47. The number of hydrogen-bond acceptors (Lipinski definition) is 2. The predicted molar refractivity (Wildman–Crippen MR) is 79.3 cm³/mol. The Morgan fingerprint density at radius 1 is 1.45 bits per heavy atom. The molecule has 20 heavy (non-hydrogen) atoms. The fourth-order valence-corrected chi connectivity index (χ4v) is 3.05. The van der Waals surface area contributed by atoms with Crippen molar-refractivity contribution in [1.29, 1.82) is 0 Å². The molecule has 5 heteroatoms. The van der Waals surface area contributed by atoms with E-state index in [1.54, 1.807) is 4.90 Å². The monoisotopic (exact) mass is 292 g/mol. The van der Waals surface area contributed by atoms with Gasteiger partial charge in [-0.25, -0.2) is 4.79 Å². The number of halogens is 1. The Labute approximate surface area is 122 Å². The van der Waals surface area contributed by atoms with Gasteiger partial charge in [-0.2, -0.15) is 0 Å². The second-order valence-corrected chi connectivity index (χ2v) is 5.65. The van der Waals surface area contributed by atoms with Crippen LogP contribution in [-0.4, -0.2) is 36.2 Å². The number of nitrogens with one attached hydrogen (secondary N) is 1. The second-order valence-electron chi connectivity index (χ2n) is 5.21. The summed E-state index contributed by atoms with van der Waals surface area (Å²) in [4.78, 5) is 16.8. The summed E-state index contributed by atoms with van der Waals surface area (Å²) in [6, 6.07) is 7.96. The molecule has 0 aliphatic carbocycles. The van der Waals surface area contributed by atoms with Crippen LogP contribution >= 0.6 is 11.6 Å². The molecule has 2 heterocycles. The Kier molecular flexibility index (Phi) is 3.57. The maximum Gasteiger partial charge on any atom is 0.409 e. The molecule has 0 radical (unpaired) electrons. The number of carbonyl (C=O) groups excluding carboxylic acids is 1. The van der Waals surface area contributed by atoms with E-state index in [2.05, 4.69) is 11.1 Å². The zero-order chi connectivity index (χ0) is 14.1. The van der Waals surface area contributed by atoms with Gasteiger partial charge in [-0.3, -0.25) is 0 Å². The van der Waals surface area contributed by atoms with Gasteiger partial charge in [0.05, 0.1) is 7.11 Å². The molecule has 2 aromatic rings. The quantitative estimate of drug-likeness (QED) is 0.869. The van der Waals surface area contributed by atoms with E-state index in [4.69, 9.17) is 16.3 Å². The van der Waals surface area contributed by atoms with E-state index in [1.807, 2.05) is 18.2 Å². The van der Waals surface area contributed by atoms with Crippen LogP contribution in [0.4, 0.5) is 4.79 Å². The minimum absolute atomic E-state index is 0.242. The van der Waals surface area contributed by atoms with Gasteiger partial charge in [-0.1, -0.05) is 11.6 Å². The smallest absolute Gasteiger partial charge is 0.409 e. The molecular formula is C15H17ClN2O2. The third kappa shape index (κ3) is 2.48. The summed E-state index contributed by atoms with van der Waals surface area (Å²) in [7, 11) is 1.43. The maximum atomic E-state index is 11.6.